The highest BCUT2D eigenvalue weighted by molar-refractivity contribution is 7.99. The second-order valence-corrected chi connectivity index (χ2v) is 6.53. The molecule has 2 fully saturated rings. The molecular formula is C12H23NS. The number of likely N-dealkylation sites (tertiary alicyclic amines) is 1. The van der Waals surface area contributed by atoms with E-state index in [1.54, 1.807) is 0 Å². The SMILES string of the molecule is CC(C)C1CC2CSCC2N1C(C)C. The molecule has 0 aliphatic carbocycles. The largest absolute Gasteiger partial charge is 0.294 e. The van der Waals surface area contributed by atoms with Crippen molar-refractivity contribution in [3.8, 4) is 0 Å². The Hall–Kier alpha value is 0.310. The lowest BCUT2D eigenvalue weighted by molar-refractivity contribution is 0.126. The number of fused-ring (bicyclic) bond motifs is 1. The van der Waals surface area contributed by atoms with Gasteiger partial charge in [-0.15, -0.1) is 0 Å². The minimum Gasteiger partial charge on any atom is -0.294 e. The van der Waals surface area contributed by atoms with Crippen LogP contribution in [-0.4, -0.2) is 34.5 Å². The zero-order valence-corrected chi connectivity index (χ0v) is 10.7. The van der Waals surface area contributed by atoms with E-state index in [0.717, 1.165) is 30.0 Å². The molecule has 0 aromatic heterocycles. The predicted octanol–water partition coefficient (Wildman–Crippen LogP) is 2.86. The molecule has 2 aliphatic rings. The van der Waals surface area contributed by atoms with Crippen LogP contribution in [0, 0.1) is 11.8 Å². The number of nitrogens with zero attached hydrogens (tertiary/aromatic N) is 1. The topological polar surface area (TPSA) is 3.24 Å². The van der Waals surface area contributed by atoms with Crippen molar-refractivity contribution >= 4 is 11.8 Å². The molecule has 2 heteroatoms. The summed E-state index contributed by atoms with van der Waals surface area (Å²) in [4.78, 5) is 2.80. The van der Waals surface area contributed by atoms with Crippen molar-refractivity contribution in [2.75, 3.05) is 11.5 Å². The second-order valence-electron chi connectivity index (χ2n) is 5.45. The third-order valence-electron chi connectivity index (χ3n) is 3.84. The summed E-state index contributed by atoms with van der Waals surface area (Å²) in [7, 11) is 0. The van der Waals surface area contributed by atoms with Gasteiger partial charge in [-0.3, -0.25) is 4.90 Å². The van der Waals surface area contributed by atoms with Gasteiger partial charge >= 0.3 is 0 Å². The van der Waals surface area contributed by atoms with Gasteiger partial charge in [0.2, 0.25) is 0 Å². The van der Waals surface area contributed by atoms with E-state index in [2.05, 4.69) is 44.4 Å². The van der Waals surface area contributed by atoms with Crippen LogP contribution in [0.5, 0.6) is 0 Å². The Morgan fingerprint density at radius 1 is 1.14 bits per heavy atom. The molecule has 3 atom stereocenters. The number of hydrogen-bond donors (Lipinski definition) is 0. The molecule has 0 aromatic rings. The van der Waals surface area contributed by atoms with Crippen LogP contribution in [0.25, 0.3) is 0 Å². The molecule has 1 nitrogen and oxygen atoms in total. The smallest absolute Gasteiger partial charge is 0.0228 e. The highest BCUT2D eigenvalue weighted by Crippen LogP contribution is 2.42. The lowest BCUT2D eigenvalue weighted by atomic mass is 9.97. The molecule has 2 aliphatic heterocycles. The minimum absolute atomic E-state index is 0.732. The Balaban J connectivity index is 2.13. The maximum atomic E-state index is 2.80. The summed E-state index contributed by atoms with van der Waals surface area (Å²) in [6.45, 7) is 9.49. The fraction of sp³-hybridized carbons (Fsp3) is 1.00. The molecule has 0 spiro atoms. The van der Waals surface area contributed by atoms with E-state index in [-0.39, 0.29) is 0 Å². The van der Waals surface area contributed by atoms with Crippen LogP contribution in [0.4, 0.5) is 0 Å². The van der Waals surface area contributed by atoms with E-state index in [9.17, 15) is 0 Å². The van der Waals surface area contributed by atoms with Crippen LogP contribution in [0.2, 0.25) is 0 Å². The first-order valence-corrected chi connectivity index (χ1v) is 7.12. The molecule has 3 unspecified atom stereocenters. The summed E-state index contributed by atoms with van der Waals surface area (Å²) < 4.78 is 0. The van der Waals surface area contributed by atoms with E-state index in [0.29, 0.717) is 0 Å². The van der Waals surface area contributed by atoms with Crippen molar-refractivity contribution < 1.29 is 0 Å². The lowest BCUT2D eigenvalue weighted by Gasteiger charge is -2.35. The number of thioether (sulfide) groups is 1. The third-order valence-corrected chi connectivity index (χ3v) is 5.08. The number of rotatable bonds is 2. The Kier molecular flexibility index (Phi) is 3.13. The van der Waals surface area contributed by atoms with Crippen molar-refractivity contribution in [3.05, 3.63) is 0 Å². The van der Waals surface area contributed by atoms with Gasteiger partial charge in [-0.25, -0.2) is 0 Å². The fourth-order valence-corrected chi connectivity index (χ4v) is 4.68. The summed E-state index contributed by atoms with van der Waals surface area (Å²) in [5.74, 6) is 4.62. The van der Waals surface area contributed by atoms with Gasteiger partial charge in [-0.1, -0.05) is 13.8 Å². The van der Waals surface area contributed by atoms with E-state index in [4.69, 9.17) is 0 Å². The second kappa shape index (κ2) is 4.05. The summed E-state index contributed by atoms with van der Waals surface area (Å²) in [6, 6.07) is 2.48. The summed E-state index contributed by atoms with van der Waals surface area (Å²) in [6.07, 6.45) is 1.45. The fourth-order valence-electron chi connectivity index (χ4n) is 3.20. The Morgan fingerprint density at radius 2 is 1.86 bits per heavy atom. The standard InChI is InChI=1S/C12H23NS/c1-8(2)11-5-10-6-14-7-12(10)13(11)9(3)4/h8-12H,5-7H2,1-4H3. The highest BCUT2D eigenvalue weighted by atomic mass is 32.2. The first-order chi connectivity index (χ1) is 6.61. The van der Waals surface area contributed by atoms with Crippen molar-refractivity contribution in [2.24, 2.45) is 11.8 Å². The van der Waals surface area contributed by atoms with E-state index >= 15 is 0 Å². The first kappa shape index (κ1) is 10.8. The molecule has 0 radical (unpaired) electrons. The molecule has 0 bridgehead atoms. The maximum Gasteiger partial charge on any atom is 0.0228 e. The van der Waals surface area contributed by atoms with Crippen molar-refractivity contribution in [1.29, 1.82) is 0 Å². The van der Waals surface area contributed by atoms with E-state index < -0.39 is 0 Å². The van der Waals surface area contributed by atoms with Gasteiger partial charge in [0.15, 0.2) is 0 Å². The minimum atomic E-state index is 0.732. The van der Waals surface area contributed by atoms with Gasteiger partial charge in [0.1, 0.15) is 0 Å². The highest BCUT2D eigenvalue weighted by Gasteiger charge is 2.45. The monoisotopic (exact) mass is 213 g/mol. The third kappa shape index (κ3) is 1.71. The van der Waals surface area contributed by atoms with Crippen molar-refractivity contribution in [1.82, 2.24) is 4.90 Å². The normalized spacial score (nSPS) is 38.6. The molecule has 2 heterocycles. The zero-order chi connectivity index (χ0) is 10.3. The molecule has 0 aromatic carbocycles. The molecule has 82 valence electrons. The van der Waals surface area contributed by atoms with Crippen LogP contribution in [0.1, 0.15) is 34.1 Å². The average Bonchev–Trinajstić information content (AvgIpc) is 2.58. The van der Waals surface area contributed by atoms with Crippen molar-refractivity contribution in [2.45, 2.75) is 52.2 Å². The van der Waals surface area contributed by atoms with Gasteiger partial charge in [0, 0.05) is 23.9 Å². The molecule has 2 saturated heterocycles. The Labute approximate surface area is 92.6 Å². The van der Waals surface area contributed by atoms with Crippen LogP contribution in [-0.2, 0) is 0 Å². The zero-order valence-electron chi connectivity index (χ0n) is 9.86. The average molecular weight is 213 g/mol. The Bertz CT molecular complexity index is 202. The summed E-state index contributed by atoms with van der Waals surface area (Å²) in [5.41, 5.74) is 0. The van der Waals surface area contributed by atoms with Gasteiger partial charge < -0.3 is 0 Å². The predicted molar refractivity (Wildman–Crippen MR) is 64.8 cm³/mol. The lowest BCUT2D eigenvalue weighted by Crippen LogP contribution is -2.44. The quantitative estimate of drug-likeness (QED) is 0.694. The van der Waals surface area contributed by atoms with Crippen LogP contribution in [0.3, 0.4) is 0 Å². The summed E-state index contributed by atoms with van der Waals surface area (Å²) >= 11 is 2.16. The van der Waals surface area contributed by atoms with E-state index in [1.165, 1.54) is 17.9 Å². The van der Waals surface area contributed by atoms with E-state index in [1.807, 2.05) is 0 Å². The molecule has 0 amide bonds. The van der Waals surface area contributed by atoms with Gasteiger partial charge in [0.05, 0.1) is 0 Å². The van der Waals surface area contributed by atoms with Crippen molar-refractivity contribution in [3.63, 3.8) is 0 Å². The molecule has 14 heavy (non-hydrogen) atoms. The molecular weight excluding hydrogens is 190 g/mol. The molecule has 0 saturated carbocycles. The Morgan fingerprint density at radius 3 is 2.43 bits per heavy atom. The number of hydrogen-bond acceptors (Lipinski definition) is 2. The first-order valence-electron chi connectivity index (χ1n) is 5.96. The van der Waals surface area contributed by atoms with Gasteiger partial charge in [0.25, 0.3) is 0 Å². The maximum absolute atomic E-state index is 2.80. The van der Waals surface area contributed by atoms with Gasteiger partial charge in [-0.05, 0) is 37.9 Å². The molecule has 2 rings (SSSR count). The summed E-state index contributed by atoms with van der Waals surface area (Å²) in [5, 5.41) is 0. The van der Waals surface area contributed by atoms with Gasteiger partial charge in [-0.2, -0.15) is 11.8 Å². The van der Waals surface area contributed by atoms with Crippen LogP contribution in [0.15, 0.2) is 0 Å². The van der Waals surface area contributed by atoms with Crippen LogP contribution < -0.4 is 0 Å². The molecule has 0 N–H and O–H groups in total. The van der Waals surface area contributed by atoms with Crippen LogP contribution >= 0.6 is 11.8 Å².